The van der Waals surface area contributed by atoms with E-state index in [9.17, 15) is 14.5 Å². The number of carbonyl (C=O) groups is 1. The lowest BCUT2D eigenvalue weighted by atomic mass is 10.1. The highest BCUT2D eigenvalue weighted by atomic mass is 79.9. The van der Waals surface area contributed by atoms with E-state index in [1.54, 1.807) is 37.3 Å². The second-order valence-corrected chi connectivity index (χ2v) is 11.8. The average molecular weight is 602 g/mol. The molecule has 1 aliphatic rings. The van der Waals surface area contributed by atoms with Gasteiger partial charge < -0.3 is 24.8 Å². The number of aliphatic hydroxyl groups is 1. The molecular weight excluding hydrogens is 576 g/mol. The van der Waals surface area contributed by atoms with Crippen LogP contribution >= 0.6 is 23.5 Å². The van der Waals surface area contributed by atoms with E-state index in [2.05, 4.69) is 30.9 Å². The second kappa shape index (κ2) is 10.6. The van der Waals surface area contributed by atoms with Crippen molar-refractivity contribution < 1.29 is 37.4 Å². The van der Waals surface area contributed by atoms with Crippen LogP contribution in [-0.2, 0) is 18.6 Å². The first-order valence-corrected chi connectivity index (χ1v) is 13.7. The van der Waals surface area contributed by atoms with Gasteiger partial charge in [0.1, 0.15) is 23.7 Å². The summed E-state index contributed by atoms with van der Waals surface area (Å²) in [4.78, 5) is 24.0. The Kier molecular flexibility index (Phi) is 7.86. The van der Waals surface area contributed by atoms with Crippen molar-refractivity contribution in [2.75, 3.05) is 25.6 Å². The van der Waals surface area contributed by atoms with Crippen LogP contribution in [0.1, 0.15) is 20.1 Å². The number of halogens is 2. The molecule has 2 aromatic heterocycles. The van der Waals surface area contributed by atoms with Crippen LogP contribution in [0, 0.1) is 5.92 Å². The van der Waals surface area contributed by atoms with Gasteiger partial charge in [0.15, 0.2) is 17.4 Å². The van der Waals surface area contributed by atoms with E-state index in [1.807, 2.05) is 0 Å². The summed E-state index contributed by atoms with van der Waals surface area (Å²) in [7, 11) is -2.56. The third kappa shape index (κ3) is 5.63. The number of aliphatic hydroxyl groups excluding tert-OH is 1. The molecule has 0 bridgehead atoms. The molecule has 0 aliphatic carbocycles. The van der Waals surface area contributed by atoms with Gasteiger partial charge in [0, 0.05) is 5.92 Å². The number of imidazole rings is 1. The topological polar surface area (TPSA) is 161 Å². The number of aromatic nitrogens is 4. The molecule has 1 aliphatic heterocycles. The highest BCUT2D eigenvalue weighted by Gasteiger charge is 2.57. The zero-order valence-electron chi connectivity index (χ0n) is 20.2. The predicted octanol–water partition coefficient (Wildman–Crippen LogP) is 3.25. The molecular formula is C22H26BrFN5O7P. The number of hydrogen-bond acceptors (Lipinski definition) is 11. The van der Waals surface area contributed by atoms with Crippen LogP contribution in [0.25, 0.3) is 11.2 Å². The number of nitrogen functional groups attached to an aromatic ring is 1. The van der Waals surface area contributed by atoms with E-state index < -0.39 is 43.1 Å². The Morgan fingerprint density at radius 1 is 1.38 bits per heavy atom. The predicted molar refractivity (Wildman–Crippen MR) is 134 cm³/mol. The average Bonchev–Trinajstić information content (AvgIpc) is 3.35. The molecule has 12 nitrogen and oxygen atoms in total. The van der Waals surface area contributed by atoms with E-state index >= 15 is 4.39 Å². The van der Waals surface area contributed by atoms with Crippen molar-refractivity contribution in [3.8, 4) is 11.6 Å². The Hall–Kier alpha value is -2.64. The van der Waals surface area contributed by atoms with E-state index in [0.29, 0.717) is 0 Å². The first-order chi connectivity index (χ1) is 17.4. The zero-order valence-corrected chi connectivity index (χ0v) is 22.6. The van der Waals surface area contributed by atoms with Gasteiger partial charge in [-0.15, -0.1) is 0 Å². The largest absolute Gasteiger partial charge is 0.479 e. The van der Waals surface area contributed by atoms with E-state index in [1.165, 1.54) is 24.9 Å². The lowest BCUT2D eigenvalue weighted by Crippen LogP contribution is -2.38. The fourth-order valence-corrected chi connectivity index (χ4v) is 6.34. The normalized spacial score (nSPS) is 26.1. The van der Waals surface area contributed by atoms with Gasteiger partial charge in [0.25, 0.3) is 0 Å². The molecule has 4 rings (SSSR count). The van der Waals surface area contributed by atoms with Gasteiger partial charge in [-0.05, 0) is 35.0 Å². The maximum atomic E-state index is 15.8. The molecule has 15 heteroatoms. The summed E-state index contributed by atoms with van der Waals surface area (Å²) in [6.45, 7) is 2.46. The number of benzene rings is 1. The molecule has 37 heavy (non-hydrogen) atoms. The zero-order chi connectivity index (χ0) is 27.0. The number of Topliss-reactive ketones (excluding diaryl/α,β-unsaturated/α-hetero) is 1. The van der Waals surface area contributed by atoms with Crippen LogP contribution in [0.2, 0.25) is 0 Å². The van der Waals surface area contributed by atoms with Crippen molar-refractivity contribution in [2.24, 2.45) is 5.92 Å². The third-order valence-electron chi connectivity index (χ3n) is 5.85. The smallest absolute Gasteiger partial charge is 0.379 e. The van der Waals surface area contributed by atoms with E-state index in [4.69, 9.17) is 24.3 Å². The molecule has 1 fully saturated rings. The number of ether oxygens (including phenoxy) is 2. The fourth-order valence-electron chi connectivity index (χ4n) is 3.74. The number of fused-ring (bicyclic) bond motifs is 1. The van der Waals surface area contributed by atoms with Crippen LogP contribution in [0.4, 0.5) is 10.3 Å². The van der Waals surface area contributed by atoms with E-state index in [-0.39, 0.29) is 40.7 Å². The van der Waals surface area contributed by atoms with Crippen LogP contribution in [0.3, 0.4) is 0 Å². The molecule has 200 valence electrons. The number of nitrogens with zero attached hydrogens (tertiary/aromatic N) is 4. The van der Waals surface area contributed by atoms with E-state index in [0.717, 1.165) is 0 Å². The van der Waals surface area contributed by atoms with Crippen LogP contribution < -0.4 is 15.0 Å². The van der Waals surface area contributed by atoms with Gasteiger partial charge in [0.2, 0.25) is 16.4 Å². The van der Waals surface area contributed by atoms with Crippen molar-refractivity contribution in [1.82, 2.24) is 19.5 Å². The van der Waals surface area contributed by atoms with Crippen LogP contribution in [0.5, 0.6) is 11.6 Å². The molecule has 0 spiro atoms. The summed E-state index contributed by atoms with van der Waals surface area (Å²) < 4.78 is 50.3. The molecule has 1 aromatic carbocycles. The van der Waals surface area contributed by atoms with Crippen molar-refractivity contribution in [2.45, 2.75) is 36.9 Å². The van der Waals surface area contributed by atoms with Gasteiger partial charge in [-0.2, -0.15) is 9.97 Å². The number of alkyl halides is 2. The number of rotatable bonds is 10. The first kappa shape index (κ1) is 27.4. The highest BCUT2D eigenvalue weighted by Crippen LogP contribution is 2.52. The summed E-state index contributed by atoms with van der Waals surface area (Å²) in [5, 5.41) is 10.7. The summed E-state index contributed by atoms with van der Waals surface area (Å²) >= 11 is 2.91. The molecule has 3 aromatic rings. The highest BCUT2D eigenvalue weighted by molar-refractivity contribution is 9.10. The number of carbonyl (C=O) groups excluding carboxylic acids is 1. The Balaban J connectivity index is 1.58. The SMILES string of the molecule is COc1nc(N)nc2c1ncn2[C@@H]1O[C@H](COP(=O)(C[C@@H](C)C(C)=O)Oc2ccccc2)[C@H](O)C1(F)Br. The minimum atomic E-state index is -3.93. The molecule has 2 unspecified atom stereocenters. The monoisotopic (exact) mass is 601 g/mol. The summed E-state index contributed by atoms with van der Waals surface area (Å²) in [5.74, 6) is -0.626. The van der Waals surface area contributed by atoms with Gasteiger partial charge in [-0.1, -0.05) is 25.1 Å². The number of ketones is 1. The number of nitrogens with two attached hydrogens (primary N) is 1. The number of para-hydroxylation sites is 1. The van der Waals surface area contributed by atoms with Crippen molar-refractivity contribution >= 4 is 46.4 Å². The molecule has 0 saturated carbocycles. The molecule has 1 saturated heterocycles. The van der Waals surface area contributed by atoms with Crippen molar-refractivity contribution in [3.63, 3.8) is 0 Å². The Morgan fingerprint density at radius 3 is 2.73 bits per heavy atom. The minimum Gasteiger partial charge on any atom is -0.479 e. The molecule has 0 radical (unpaired) electrons. The first-order valence-electron chi connectivity index (χ1n) is 11.2. The minimum absolute atomic E-state index is 0.0808. The fraction of sp³-hybridized carbons (Fsp3) is 0.455. The molecule has 3 N–H and O–H groups in total. The third-order valence-corrected chi connectivity index (χ3v) is 8.73. The maximum absolute atomic E-state index is 15.8. The lowest BCUT2D eigenvalue weighted by molar-refractivity contribution is -0.119. The Bertz CT molecular complexity index is 1330. The maximum Gasteiger partial charge on any atom is 0.379 e. The Labute approximate surface area is 220 Å². The van der Waals surface area contributed by atoms with Crippen molar-refractivity contribution in [3.05, 3.63) is 36.7 Å². The summed E-state index contributed by atoms with van der Waals surface area (Å²) in [6.07, 6.45) is -3.48. The number of hydrogen-bond donors (Lipinski definition) is 2. The quantitative estimate of drug-likeness (QED) is 0.259. The number of methoxy groups -OCH3 is 1. The van der Waals surface area contributed by atoms with Crippen molar-refractivity contribution in [1.29, 1.82) is 0 Å². The summed E-state index contributed by atoms with van der Waals surface area (Å²) in [5.41, 5.74) is 6.06. The van der Waals surface area contributed by atoms with Crippen LogP contribution in [-0.4, -0.2) is 67.1 Å². The lowest BCUT2D eigenvalue weighted by Gasteiger charge is -2.24. The summed E-state index contributed by atoms with van der Waals surface area (Å²) in [6, 6.07) is 8.30. The molecule has 3 heterocycles. The van der Waals surface area contributed by atoms with Gasteiger partial charge >= 0.3 is 7.60 Å². The second-order valence-electron chi connectivity index (χ2n) is 8.57. The van der Waals surface area contributed by atoms with Gasteiger partial charge in [-0.3, -0.25) is 13.9 Å². The van der Waals surface area contributed by atoms with Gasteiger partial charge in [0.05, 0.1) is 26.2 Å². The van der Waals surface area contributed by atoms with Crippen LogP contribution in [0.15, 0.2) is 36.7 Å². The Morgan fingerprint density at radius 2 is 2.08 bits per heavy atom. The standard InChI is InChI=1S/C22H26BrFN5O7P/c1-12(13(2)30)10-37(32,36-14-7-5-4-6-8-14)34-9-15-17(31)22(23,24)20(35-15)29-11-26-16-18(29)27-21(25)28-19(16)33-3/h4-8,11-12,15,17,20,31H,9-10H2,1-3H3,(H2,25,27,28)/t12-,15-,17+,20-,22?,37?/m1/s1. The van der Waals surface area contributed by atoms with Gasteiger partial charge in [-0.25, -0.2) is 13.9 Å². The number of anilines is 1. The molecule has 6 atom stereocenters. The molecule has 0 amide bonds.